The number of hydrogen-bond donors (Lipinski definition) is 1. The van der Waals surface area contributed by atoms with Crippen molar-refractivity contribution in [3.8, 4) is 0 Å². The molecule has 0 spiro atoms. The minimum atomic E-state index is -0.315. The molecule has 0 fully saturated rings. The van der Waals surface area contributed by atoms with Crippen molar-refractivity contribution in [2.24, 2.45) is 0 Å². The summed E-state index contributed by atoms with van der Waals surface area (Å²) < 4.78 is 0.638. The molecule has 0 atom stereocenters. The van der Waals surface area contributed by atoms with Crippen molar-refractivity contribution in [2.75, 3.05) is 0 Å². The third-order valence-electron chi connectivity index (χ3n) is 1.39. The van der Waals surface area contributed by atoms with E-state index >= 15 is 0 Å². The molecule has 0 radical (unpaired) electrons. The first kappa shape index (κ1) is 8.46. The fraction of sp³-hybridized carbons (Fsp3) is 0. The highest BCUT2D eigenvalue weighted by molar-refractivity contribution is 8.10. The Kier molecular flexibility index (Phi) is 2.15. The van der Waals surface area contributed by atoms with Crippen molar-refractivity contribution in [1.29, 1.82) is 0 Å². The van der Waals surface area contributed by atoms with Gasteiger partial charge in [-0.1, -0.05) is 34.8 Å². The molecule has 0 amide bonds. The molecule has 0 aliphatic carbocycles. The van der Waals surface area contributed by atoms with E-state index < -0.39 is 0 Å². The van der Waals surface area contributed by atoms with Crippen molar-refractivity contribution in [2.45, 2.75) is 0 Å². The molecule has 6 heteroatoms. The van der Waals surface area contributed by atoms with Crippen LogP contribution in [-0.4, -0.2) is 10.2 Å². The number of rotatable bonds is 0. The number of nitrogens with zero attached hydrogens (tertiary/aromatic N) is 2. The van der Waals surface area contributed by atoms with E-state index in [2.05, 4.69) is 22.1 Å². The summed E-state index contributed by atoms with van der Waals surface area (Å²) in [6, 6.07) is 0. The molecule has 0 unspecified atom stereocenters. The first-order valence-electron chi connectivity index (χ1n) is 3.42. The third-order valence-corrected chi connectivity index (χ3v) is 2.90. The zero-order valence-electron chi connectivity index (χ0n) is 6.48. The number of thioether (sulfide) groups is 1. The van der Waals surface area contributed by atoms with Crippen LogP contribution < -0.4 is 20.1 Å². The first-order chi connectivity index (χ1) is 6.27. The summed E-state index contributed by atoms with van der Waals surface area (Å²) in [5.74, 6) is 0. The molecule has 1 aromatic rings. The van der Waals surface area contributed by atoms with Crippen LogP contribution in [0.5, 0.6) is 0 Å². The van der Waals surface area contributed by atoms with Gasteiger partial charge in [-0.2, -0.15) is 0 Å². The predicted molar refractivity (Wildman–Crippen MR) is 54.2 cm³/mol. The van der Waals surface area contributed by atoms with E-state index in [4.69, 9.17) is 0 Å². The number of nitrogens with one attached hydrogen (secondary N) is 1. The van der Waals surface area contributed by atoms with Gasteiger partial charge in [0.1, 0.15) is 10.4 Å². The van der Waals surface area contributed by atoms with Crippen LogP contribution in [-0.2, 0) is 0 Å². The average Bonchev–Trinajstić information content (AvgIpc) is 2.56. The Morgan fingerprint density at radius 1 is 1.46 bits per heavy atom. The third kappa shape index (κ3) is 1.63. The van der Waals surface area contributed by atoms with Crippen molar-refractivity contribution >= 4 is 34.7 Å². The Morgan fingerprint density at radius 2 is 2.31 bits per heavy atom. The Bertz CT molecular complexity index is 509. The van der Waals surface area contributed by atoms with E-state index in [0.29, 0.717) is 9.88 Å². The normalized spacial score (nSPS) is 18.8. The van der Waals surface area contributed by atoms with Crippen molar-refractivity contribution in [3.05, 3.63) is 31.2 Å². The molecule has 4 nitrogen and oxygen atoms in total. The second kappa shape index (κ2) is 3.31. The standard InChI is InChI=1S/C7H5N3OS2/c1-4-5(6-8-2-3-12-6)9-10-7(11)13-4/h2-3,8H,1H2. The van der Waals surface area contributed by atoms with E-state index in [1.54, 1.807) is 6.20 Å². The van der Waals surface area contributed by atoms with Gasteiger partial charge in [-0.15, -0.1) is 5.10 Å². The van der Waals surface area contributed by atoms with E-state index in [1.807, 2.05) is 5.41 Å². The highest BCUT2D eigenvalue weighted by Gasteiger charge is 2.03. The molecule has 0 saturated heterocycles. The van der Waals surface area contributed by atoms with Crippen LogP contribution in [0.2, 0.25) is 0 Å². The predicted octanol–water partition coefficient (Wildman–Crippen LogP) is -0.818. The molecule has 0 saturated carbocycles. The maximum Gasteiger partial charge on any atom is 0.345 e. The average molecular weight is 211 g/mol. The van der Waals surface area contributed by atoms with Gasteiger partial charge in [-0.05, 0) is 5.41 Å². The zero-order valence-corrected chi connectivity index (χ0v) is 8.11. The minimum Gasteiger partial charge on any atom is -0.354 e. The van der Waals surface area contributed by atoms with Gasteiger partial charge in [0.05, 0.1) is 4.53 Å². The molecule has 0 aromatic carbocycles. The smallest absolute Gasteiger partial charge is 0.345 e. The summed E-state index contributed by atoms with van der Waals surface area (Å²) in [4.78, 5) is 10.5. The molecule has 1 aliphatic rings. The molecule has 66 valence electrons. The maximum atomic E-state index is 10.8. The second-order valence-corrected chi connectivity index (χ2v) is 4.20. The highest BCUT2D eigenvalue weighted by atomic mass is 32.2. The molecular formula is C7H5N3OS2. The van der Waals surface area contributed by atoms with Gasteiger partial charge in [0.25, 0.3) is 0 Å². The lowest BCUT2D eigenvalue weighted by atomic mass is 10.6. The van der Waals surface area contributed by atoms with E-state index in [9.17, 15) is 4.79 Å². The van der Waals surface area contributed by atoms with Crippen LogP contribution in [0.1, 0.15) is 0 Å². The Labute approximate surface area is 81.7 Å². The quantitative estimate of drug-likeness (QED) is 0.608. The molecule has 2 heterocycles. The van der Waals surface area contributed by atoms with Gasteiger partial charge < -0.3 is 5.32 Å². The molecule has 1 N–H and O–H groups in total. The fourth-order valence-electron chi connectivity index (χ4n) is 0.863. The second-order valence-electron chi connectivity index (χ2n) is 2.23. The SMILES string of the molecule is C=c1sc(=O)nnc1=C1NC=CS1. The molecular weight excluding hydrogens is 206 g/mol. The lowest BCUT2D eigenvalue weighted by Crippen LogP contribution is -2.33. The van der Waals surface area contributed by atoms with Crippen LogP contribution in [0.3, 0.4) is 0 Å². The lowest BCUT2D eigenvalue weighted by molar-refractivity contribution is 0.974. The van der Waals surface area contributed by atoms with E-state index in [1.165, 1.54) is 11.8 Å². The Balaban J connectivity index is 2.72. The lowest BCUT2D eigenvalue weighted by Gasteiger charge is -1.93. The fourth-order valence-corrected chi connectivity index (χ4v) is 2.14. The summed E-state index contributed by atoms with van der Waals surface area (Å²) in [5.41, 5.74) is 0. The summed E-state index contributed by atoms with van der Waals surface area (Å²) in [6.07, 6.45) is 1.80. The van der Waals surface area contributed by atoms with Crippen molar-refractivity contribution in [1.82, 2.24) is 15.5 Å². The Morgan fingerprint density at radius 3 is 2.92 bits per heavy atom. The molecule has 0 bridgehead atoms. The van der Waals surface area contributed by atoms with E-state index in [-0.39, 0.29) is 4.87 Å². The van der Waals surface area contributed by atoms with Gasteiger partial charge >= 0.3 is 4.87 Å². The summed E-state index contributed by atoms with van der Waals surface area (Å²) in [7, 11) is 0. The molecule has 1 aromatic heterocycles. The van der Waals surface area contributed by atoms with Gasteiger partial charge in [0, 0.05) is 6.20 Å². The largest absolute Gasteiger partial charge is 0.354 e. The van der Waals surface area contributed by atoms with E-state index in [0.717, 1.165) is 16.4 Å². The molecule has 13 heavy (non-hydrogen) atoms. The van der Waals surface area contributed by atoms with Crippen LogP contribution in [0.15, 0.2) is 16.4 Å². The number of aromatic nitrogens is 2. The molecule has 2 rings (SSSR count). The minimum absolute atomic E-state index is 0.315. The monoisotopic (exact) mass is 211 g/mol. The van der Waals surface area contributed by atoms with Gasteiger partial charge in [-0.25, -0.2) is 0 Å². The maximum absolute atomic E-state index is 10.8. The van der Waals surface area contributed by atoms with Gasteiger partial charge in [0.15, 0.2) is 0 Å². The molecule has 1 aliphatic heterocycles. The van der Waals surface area contributed by atoms with Gasteiger partial charge in [0.2, 0.25) is 0 Å². The summed E-state index contributed by atoms with van der Waals surface area (Å²) in [5, 5.41) is 13.7. The summed E-state index contributed by atoms with van der Waals surface area (Å²) in [6.45, 7) is 3.74. The van der Waals surface area contributed by atoms with Crippen molar-refractivity contribution < 1.29 is 0 Å². The summed E-state index contributed by atoms with van der Waals surface area (Å²) >= 11 is 2.51. The zero-order chi connectivity index (χ0) is 9.26. The Hall–Kier alpha value is -1.14. The van der Waals surface area contributed by atoms with Crippen molar-refractivity contribution in [3.63, 3.8) is 0 Å². The van der Waals surface area contributed by atoms with Crippen LogP contribution in [0, 0.1) is 0 Å². The van der Waals surface area contributed by atoms with Gasteiger partial charge in [-0.3, -0.25) is 4.79 Å². The number of hydrogen-bond acceptors (Lipinski definition) is 6. The van der Waals surface area contributed by atoms with Crippen LogP contribution >= 0.6 is 23.1 Å². The van der Waals surface area contributed by atoms with Crippen LogP contribution in [0.4, 0.5) is 0 Å². The van der Waals surface area contributed by atoms with Crippen LogP contribution in [0.25, 0.3) is 11.6 Å². The highest BCUT2D eigenvalue weighted by Crippen LogP contribution is 2.17. The first-order valence-corrected chi connectivity index (χ1v) is 5.12. The topological polar surface area (TPSA) is 54.9 Å².